The highest BCUT2D eigenvalue weighted by molar-refractivity contribution is 5.29. The van der Waals surface area contributed by atoms with Gasteiger partial charge in [0.25, 0.3) is 0 Å². The van der Waals surface area contributed by atoms with Crippen LogP contribution in [0.5, 0.6) is 5.75 Å². The Labute approximate surface area is 91.9 Å². The Balaban J connectivity index is 2.52. The predicted molar refractivity (Wildman–Crippen MR) is 62.4 cm³/mol. The molecule has 0 fully saturated rings. The van der Waals surface area contributed by atoms with Crippen molar-refractivity contribution in [1.29, 1.82) is 0 Å². The molecule has 0 aliphatic carbocycles. The maximum absolute atomic E-state index is 5.68. The number of nitrogens with zero attached hydrogens (tertiary/aromatic N) is 1. The van der Waals surface area contributed by atoms with Crippen LogP contribution in [0, 0.1) is 6.92 Å². The molecule has 0 saturated carbocycles. The normalized spacial score (nSPS) is 10.3. The molecule has 0 aliphatic rings. The zero-order valence-electron chi connectivity index (χ0n) is 9.84. The number of nitrogens with one attached hydrogen (secondary N) is 1. The number of pyridine rings is 1. The van der Waals surface area contributed by atoms with E-state index < -0.39 is 0 Å². The van der Waals surface area contributed by atoms with Crippen LogP contribution in [0.15, 0.2) is 12.1 Å². The Morgan fingerprint density at radius 2 is 2.20 bits per heavy atom. The zero-order valence-corrected chi connectivity index (χ0v) is 9.84. The molecule has 1 N–H and O–H groups in total. The first kappa shape index (κ1) is 12.0. The molecule has 84 valence electrons. The highest BCUT2D eigenvalue weighted by atomic mass is 16.5. The molecule has 1 heterocycles. The van der Waals surface area contributed by atoms with Gasteiger partial charge in [-0.05, 0) is 45.5 Å². The minimum absolute atomic E-state index is 0.749. The molecule has 1 aromatic rings. The number of hydrogen-bond donors (Lipinski definition) is 1. The van der Waals surface area contributed by atoms with Gasteiger partial charge in [-0.25, -0.2) is 0 Å². The van der Waals surface area contributed by atoms with Gasteiger partial charge >= 0.3 is 0 Å². The third kappa shape index (κ3) is 3.88. The van der Waals surface area contributed by atoms with E-state index in [1.54, 1.807) is 0 Å². The van der Waals surface area contributed by atoms with E-state index in [0.717, 1.165) is 43.1 Å². The molecule has 1 aromatic heterocycles. The molecule has 0 amide bonds. The summed E-state index contributed by atoms with van der Waals surface area (Å²) < 4.78 is 5.68. The van der Waals surface area contributed by atoms with E-state index in [1.807, 2.05) is 26.1 Å². The van der Waals surface area contributed by atoms with Crippen LogP contribution in [0.4, 0.5) is 0 Å². The van der Waals surface area contributed by atoms with Crippen LogP contribution >= 0.6 is 0 Å². The summed E-state index contributed by atoms with van der Waals surface area (Å²) in [5.41, 5.74) is 2.11. The molecule has 0 atom stereocenters. The van der Waals surface area contributed by atoms with Crippen molar-refractivity contribution in [2.45, 2.75) is 26.7 Å². The Bertz CT molecular complexity index is 300. The van der Waals surface area contributed by atoms with Crippen LogP contribution in [-0.4, -0.2) is 25.2 Å². The van der Waals surface area contributed by atoms with Crippen molar-refractivity contribution >= 4 is 0 Å². The Morgan fingerprint density at radius 1 is 1.40 bits per heavy atom. The van der Waals surface area contributed by atoms with E-state index in [-0.39, 0.29) is 0 Å². The standard InChI is InChI=1S/C12H20N2O/c1-4-11-12(7-6-10(2)14-11)15-9-5-8-13-3/h6-7,13H,4-5,8-9H2,1-3H3. The number of ether oxygens (including phenoxy) is 1. The lowest BCUT2D eigenvalue weighted by Gasteiger charge is -2.10. The number of rotatable bonds is 6. The predicted octanol–water partition coefficient (Wildman–Crippen LogP) is 1.94. The van der Waals surface area contributed by atoms with E-state index in [2.05, 4.69) is 17.2 Å². The first-order chi connectivity index (χ1) is 7.27. The Hall–Kier alpha value is -1.09. The van der Waals surface area contributed by atoms with Crippen LogP contribution in [0.2, 0.25) is 0 Å². The van der Waals surface area contributed by atoms with Crippen molar-refractivity contribution in [2.75, 3.05) is 20.2 Å². The van der Waals surface area contributed by atoms with Crippen molar-refractivity contribution in [3.8, 4) is 5.75 Å². The van der Waals surface area contributed by atoms with Crippen molar-refractivity contribution in [1.82, 2.24) is 10.3 Å². The molecule has 3 nitrogen and oxygen atoms in total. The van der Waals surface area contributed by atoms with E-state index in [0.29, 0.717) is 0 Å². The third-order valence-electron chi connectivity index (χ3n) is 2.24. The molecular weight excluding hydrogens is 188 g/mol. The zero-order chi connectivity index (χ0) is 11.1. The van der Waals surface area contributed by atoms with Crippen LogP contribution in [0.1, 0.15) is 24.7 Å². The van der Waals surface area contributed by atoms with Gasteiger partial charge in [-0.3, -0.25) is 4.98 Å². The van der Waals surface area contributed by atoms with E-state index >= 15 is 0 Å². The summed E-state index contributed by atoms with van der Waals surface area (Å²) in [5.74, 6) is 0.930. The highest BCUT2D eigenvalue weighted by Gasteiger charge is 2.03. The summed E-state index contributed by atoms with van der Waals surface area (Å²) in [4.78, 5) is 4.45. The molecule has 0 bridgehead atoms. The van der Waals surface area contributed by atoms with E-state index in [4.69, 9.17) is 4.74 Å². The minimum atomic E-state index is 0.749. The lowest BCUT2D eigenvalue weighted by molar-refractivity contribution is 0.305. The van der Waals surface area contributed by atoms with Gasteiger partial charge in [0.2, 0.25) is 0 Å². The van der Waals surface area contributed by atoms with Crippen LogP contribution in [-0.2, 0) is 6.42 Å². The third-order valence-corrected chi connectivity index (χ3v) is 2.24. The summed E-state index contributed by atoms with van der Waals surface area (Å²) in [6, 6.07) is 4.01. The van der Waals surface area contributed by atoms with Crippen molar-refractivity contribution in [2.24, 2.45) is 0 Å². The summed E-state index contributed by atoms with van der Waals surface area (Å²) in [6.45, 7) is 5.84. The van der Waals surface area contributed by atoms with Gasteiger partial charge in [-0.15, -0.1) is 0 Å². The van der Waals surface area contributed by atoms with Gasteiger partial charge in [0.1, 0.15) is 5.75 Å². The maximum Gasteiger partial charge on any atom is 0.140 e. The monoisotopic (exact) mass is 208 g/mol. The molecule has 0 saturated heterocycles. The fourth-order valence-corrected chi connectivity index (χ4v) is 1.41. The second-order valence-electron chi connectivity index (χ2n) is 3.56. The summed E-state index contributed by atoms with van der Waals surface area (Å²) in [7, 11) is 1.95. The maximum atomic E-state index is 5.68. The highest BCUT2D eigenvalue weighted by Crippen LogP contribution is 2.17. The lowest BCUT2D eigenvalue weighted by Crippen LogP contribution is -2.12. The number of hydrogen-bond acceptors (Lipinski definition) is 3. The SMILES string of the molecule is CCc1nc(C)ccc1OCCCNC. The summed E-state index contributed by atoms with van der Waals surface area (Å²) in [6.07, 6.45) is 1.94. The van der Waals surface area contributed by atoms with Crippen LogP contribution in [0.25, 0.3) is 0 Å². The van der Waals surface area contributed by atoms with Crippen molar-refractivity contribution < 1.29 is 4.74 Å². The fourth-order valence-electron chi connectivity index (χ4n) is 1.41. The minimum Gasteiger partial charge on any atom is -0.492 e. The quantitative estimate of drug-likeness (QED) is 0.725. The number of aromatic nitrogens is 1. The van der Waals surface area contributed by atoms with Gasteiger partial charge in [0, 0.05) is 5.69 Å². The molecule has 0 unspecified atom stereocenters. The average molecular weight is 208 g/mol. The van der Waals surface area contributed by atoms with Crippen LogP contribution in [0.3, 0.4) is 0 Å². The first-order valence-corrected chi connectivity index (χ1v) is 5.51. The largest absolute Gasteiger partial charge is 0.492 e. The molecule has 3 heteroatoms. The topological polar surface area (TPSA) is 34.1 Å². The first-order valence-electron chi connectivity index (χ1n) is 5.51. The molecule has 0 aliphatic heterocycles. The van der Waals surface area contributed by atoms with Crippen molar-refractivity contribution in [3.05, 3.63) is 23.5 Å². The second kappa shape index (κ2) is 6.40. The van der Waals surface area contributed by atoms with Gasteiger partial charge in [0.05, 0.1) is 12.3 Å². The van der Waals surface area contributed by atoms with E-state index in [9.17, 15) is 0 Å². The van der Waals surface area contributed by atoms with Gasteiger partial charge in [-0.2, -0.15) is 0 Å². The number of aryl methyl sites for hydroxylation is 2. The average Bonchev–Trinajstić information content (AvgIpc) is 2.26. The van der Waals surface area contributed by atoms with Gasteiger partial charge in [-0.1, -0.05) is 6.92 Å². The molecule has 0 spiro atoms. The molecular formula is C12H20N2O. The molecule has 0 radical (unpaired) electrons. The fraction of sp³-hybridized carbons (Fsp3) is 0.583. The lowest BCUT2D eigenvalue weighted by atomic mass is 10.2. The van der Waals surface area contributed by atoms with Crippen molar-refractivity contribution in [3.63, 3.8) is 0 Å². The smallest absolute Gasteiger partial charge is 0.140 e. The second-order valence-corrected chi connectivity index (χ2v) is 3.56. The Morgan fingerprint density at radius 3 is 2.87 bits per heavy atom. The van der Waals surface area contributed by atoms with Gasteiger partial charge in [0.15, 0.2) is 0 Å². The molecule has 0 aromatic carbocycles. The summed E-state index contributed by atoms with van der Waals surface area (Å²) in [5, 5.41) is 3.10. The Kier molecular flexibility index (Phi) is 5.12. The molecule has 1 rings (SSSR count). The van der Waals surface area contributed by atoms with Crippen LogP contribution < -0.4 is 10.1 Å². The summed E-state index contributed by atoms with van der Waals surface area (Å²) >= 11 is 0. The molecule has 15 heavy (non-hydrogen) atoms. The van der Waals surface area contributed by atoms with Gasteiger partial charge < -0.3 is 10.1 Å². The van der Waals surface area contributed by atoms with E-state index in [1.165, 1.54) is 0 Å².